The van der Waals surface area contributed by atoms with Gasteiger partial charge in [0, 0.05) is 18.7 Å². The highest BCUT2D eigenvalue weighted by Gasteiger charge is 2.20. The molecule has 0 saturated heterocycles. The van der Waals surface area contributed by atoms with Crippen molar-refractivity contribution in [3.63, 3.8) is 0 Å². The van der Waals surface area contributed by atoms with Crippen LogP contribution in [0.2, 0.25) is 0 Å². The quantitative estimate of drug-likeness (QED) is 0.0574. The lowest BCUT2D eigenvalue weighted by atomic mass is 10.1. The Morgan fingerprint density at radius 1 is 0.909 bits per heavy atom. The third-order valence-electron chi connectivity index (χ3n) is 7.29. The summed E-state index contributed by atoms with van der Waals surface area (Å²) in [7, 11) is -3.07. The molecule has 0 radical (unpaired) electrons. The highest BCUT2D eigenvalue weighted by Crippen LogP contribution is 2.35. The number of rotatable bonds is 25. The van der Waals surface area contributed by atoms with Crippen molar-refractivity contribution in [1.29, 1.82) is 0 Å². The molecule has 1 atom stereocenters. The van der Waals surface area contributed by atoms with E-state index in [0.717, 1.165) is 43.4 Å². The predicted molar refractivity (Wildman–Crippen MR) is 175 cm³/mol. The second-order valence-electron chi connectivity index (χ2n) is 11.2. The fourth-order valence-electron chi connectivity index (χ4n) is 4.82. The summed E-state index contributed by atoms with van der Waals surface area (Å²) >= 11 is 0. The number of phosphoric ester groups is 1. The summed E-state index contributed by atoms with van der Waals surface area (Å²) in [5.41, 5.74) is 1.61. The number of methoxy groups -OCH3 is 1. The molecular formula is C34H53N2O7P. The molecular weight excluding hydrogens is 579 g/mol. The summed E-state index contributed by atoms with van der Waals surface area (Å²) in [4.78, 5) is 35.2. The maximum atomic E-state index is 12.6. The molecule has 0 spiro atoms. The zero-order valence-corrected chi connectivity index (χ0v) is 27.5. The van der Waals surface area contributed by atoms with Crippen LogP contribution < -0.4 is 14.8 Å². The van der Waals surface area contributed by atoms with Crippen molar-refractivity contribution in [3.8, 4) is 11.5 Å². The van der Waals surface area contributed by atoms with Crippen LogP contribution in [0.4, 0.5) is 0 Å². The summed E-state index contributed by atoms with van der Waals surface area (Å²) in [6, 6.07) is 10.3. The van der Waals surface area contributed by atoms with Gasteiger partial charge in [0.1, 0.15) is 18.1 Å². The molecule has 0 fully saturated rings. The lowest BCUT2D eigenvalue weighted by molar-refractivity contribution is -0.122. The number of aromatic nitrogens is 1. The first kappa shape index (κ1) is 37.5. The predicted octanol–water partition coefficient (Wildman–Crippen LogP) is 7.84. The van der Waals surface area contributed by atoms with Gasteiger partial charge in [-0.2, -0.15) is 0 Å². The van der Waals surface area contributed by atoms with Gasteiger partial charge in [0.05, 0.1) is 25.5 Å². The smallest absolute Gasteiger partial charge is 0.469 e. The Hall–Kier alpha value is -2.71. The van der Waals surface area contributed by atoms with E-state index in [1.54, 1.807) is 25.4 Å². The van der Waals surface area contributed by atoms with Crippen LogP contribution in [0.3, 0.4) is 0 Å². The van der Waals surface area contributed by atoms with Crippen molar-refractivity contribution in [2.75, 3.05) is 13.7 Å². The Morgan fingerprint density at radius 2 is 1.55 bits per heavy atom. The van der Waals surface area contributed by atoms with Crippen molar-refractivity contribution in [3.05, 3.63) is 66.0 Å². The zero-order chi connectivity index (χ0) is 31.9. The van der Waals surface area contributed by atoms with E-state index in [0.29, 0.717) is 24.3 Å². The third-order valence-corrected chi connectivity index (χ3v) is 7.78. The van der Waals surface area contributed by atoms with Crippen LogP contribution >= 0.6 is 7.82 Å². The van der Waals surface area contributed by atoms with Crippen LogP contribution in [-0.2, 0) is 26.9 Å². The first-order valence-electron chi connectivity index (χ1n) is 16.1. The summed E-state index contributed by atoms with van der Waals surface area (Å²) in [6.45, 7) is 2.24. The van der Waals surface area contributed by atoms with Gasteiger partial charge in [0.2, 0.25) is 5.91 Å². The van der Waals surface area contributed by atoms with Crippen LogP contribution in [0.25, 0.3) is 0 Å². The Morgan fingerprint density at radius 3 is 2.18 bits per heavy atom. The van der Waals surface area contributed by atoms with Crippen molar-refractivity contribution in [1.82, 2.24) is 10.3 Å². The number of pyridine rings is 1. The SMILES string of the molecule is CCCCCCCC/C=C\CCCCCCCC(=O)N[C@@H](COP(=O)(O)O)Cc1ccc(OCc2cc(OC)ccn2)cc1. The first-order valence-corrected chi connectivity index (χ1v) is 17.7. The Bertz CT molecular complexity index is 1120. The number of carbonyl (C=O) groups is 1. The highest BCUT2D eigenvalue weighted by atomic mass is 31.2. The fraction of sp³-hybridized carbons (Fsp3) is 0.588. The second kappa shape index (κ2) is 22.7. The number of hydrogen-bond donors (Lipinski definition) is 3. The summed E-state index contributed by atoms with van der Waals surface area (Å²) in [5, 5.41) is 2.89. The minimum Gasteiger partial charge on any atom is -0.497 e. The van der Waals surface area contributed by atoms with Gasteiger partial charge in [-0.3, -0.25) is 14.3 Å². The van der Waals surface area contributed by atoms with E-state index in [1.807, 2.05) is 24.3 Å². The molecule has 2 aromatic rings. The van der Waals surface area contributed by atoms with Gasteiger partial charge in [-0.25, -0.2) is 4.57 Å². The molecule has 0 bridgehead atoms. The van der Waals surface area contributed by atoms with Gasteiger partial charge in [-0.1, -0.05) is 82.6 Å². The topological polar surface area (TPSA) is 127 Å². The van der Waals surface area contributed by atoms with Gasteiger partial charge >= 0.3 is 7.82 Å². The Balaban J connectivity index is 1.66. The molecule has 0 saturated carbocycles. The summed E-state index contributed by atoms with van der Waals surface area (Å²) in [5.74, 6) is 1.21. The lowest BCUT2D eigenvalue weighted by Gasteiger charge is -2.19. The molecule has 0 aliphatic rings. The average molecular weight is 633 g/mol. The molecule has 1 heterocycles. The van der Waals surface area contributed by atoms with Gasteiger partial charge in [-0.15, -0.1) is 0 Å². The van der Waals surface area contributed by atoms with E-state index >= 15 is 0 Å². The minimum atomic E-state index is -4.66. The molecule has 1 aromatic carbocycles. The summed E-state index contributed by atoms with van der Waals surface area (Å²) < 4.78 is 27.0. The number of ether oxygens (including phenoxy) is 2. The second-order valence-corrected chi connectivity index (χ2v) is 12.4. The molecule has 10 heteroatoms. The van der Waals surface area contributed by atoms with E-state index in [4.69, 9.17) is 14.0 Å². The third kappa shape index (κ3) is 18.8. The van der Waals surface area contributed by atoms with Gasteiger partial charge in [0.15, 0.2) is 0 Å². The Labute approximate surface area is 264 Å². The molecule has 1 aromatic heterocycles. The molecule has 2 rings (SSSR count). The van der Waals surface area contributed by atoms with Gasteiger partial charge in [0.25, 0.3) is 0 Å². The molecule has 9 nitrogen and oxygen atoms in total. The summed E-state index contributed by atoms with van der Waals surface area (Å²) in [6.07, 6.45) is 22.5. The number of carbonyl (C=O) groups excluding carboxylic acids is 1. The molecule has 1 amide bonds. The Kier molecular flexibility index (Phi) is 19.4. The van der Waals surface area contributed by atoms with E-state index in [-0.39, 0.29) is 19.1 Å². The van der Waals surface area contributed by atoms with Crippen LogP contribution in [0.5, 0.6) is 11.5 Å². The van der Waals surface area contributed by atoms with E-state index < -0.39 is 13.9 Å². The number of nitrogens with zero attached hydrogens (tertiary/aromatic N) is 1. The lowest BCUT2D eigenvalue weighted by Crippen LogP contribution is -2.39. The van der Waals surface area contributed by atoms with Crippen LogP contribution in [0.1, 0.15) is 108 Å². The number of nitrogens with one attached hydrogen (secondary N) is 1. The standard InChI is InChI=1S/C34H53N2O7P/c1-3-4-5-6-7-8-9-10-11-12-13-14-15-16-17-18-34(37)36-31(28-43-44(38,39)40)25-29-19-21-32(22-20-29)42-27-30-26-33(41-2)23-24-35-30/h10-11,19-24,26,31H,3-9,12-18,25,27-28H2,1-2H3,(H,36,37)(H2,38,39,40)/b11-10-/t31-/m1/s1. The largest absolute Gasteiger partial charge is 0.497 e. The highest BCUT2D eigenvalue weighted by molar-refractivity contribution is 7.46. The maximum Gasteiger partial charge on any atom is 0.469 e. The van der Waals surface area contributed by atoms with Crippen molar-refractivity contribution in [2.45, 2.75) is 116 Å². The number of phosphoric acid groups is 1. The molecule has 0 aliphatic carbocycles. The monoisotopic (exact) mass is 632 g/mol. The number of allylic oxidation sites excluding steroid dienone is 2. The van der Waals surface area contributed by atoms with Crippen LogP contribution in [0.15, 0.2) is 54.7 Å². The molecule has 246 valence electrons. The average Bonchev–Trinajstić information content (AvgIpc) is 3.01. The number of unbranched alkanes of at least 4 members (excludes halogenated alkanes) is 11. The molecule has 3 N–H and O–H groups in total. The van der Waals surface area contributed by atoms with Crippen molar-refractivity contribution in [2.24, 2.45) is 0 Å². The number of amides is 1. The molecule has 44 heavy (non-hydrogen) atoms. The zero-order valence-electron chi connectivity index (χ0n) is 26.6. The van der Waals surface area contributed by atoms with Crippen LogP contribution in [-0.4, -0.2) is 40.4 Å². The number of hydrogen-bond acceptors (Lipinski definition) is 6. The molecule has 0 aliphatic heterocycles. The molecule has 0 unspecified atom stereocenters. The van der Waals surface area contributed by atoms with Crippen LogP contribution in [0, 0.1) is 0 Å². The van der Waals surface area contributed by atoms with Gasteiger partial charge in [-0.05, 0) is 62.3 Å². The first-order chi connectivity index (χ1) is 21.3. The minimum absolute atomic E-state index is 0.146. The normalized spacial score (nSPS) is 12.4. The van der Waals surface area contributed by atoms with E-state index in [9.17, 15) is 19.1 Å². The van der Waals surface area contributed by atoms with Gasteiger partial charge < -0.3 is 24.6 Å². The fourth-order valence-corrected chi connectivity index (χ4v) is 5.19. The van der Waals surface area contributed by atoms with E-state index in [2.05, 4.69) is 29.4 Å². The van der Waals surface area contributed by atoms with Crippen molar-refractivity contribution < 1.29 is 33.1 Å². The van der Waals surface area contributed by atoms with Crippen molar-refractivity contribution >= 4 is 13.7 Å². The van der Waals surface area contributed by atoms with E-state index in [1.165, 1.54) is 51.4 Å². The maximum absolute atomic E-state index is 12.6. The number of benzene rings is 1.